The lowest BCUT2D eigenvalue weighted by Crippen LogP contribution is -2.27. The zero-order valence-corrected chi connectivity index (χ0v) is 10.4. The van der Waals surface area contributed by atoms with E-state index in [1.807, 2.05) is 0 Å². The fraction of sp³-hybridized carbons (Fsp3) is 0.667. The molecule has 0 aromatic heterocycles. The van der Waals surface area contributed by atoms with Crippen LogP contribution in [0.4, 0.5) is 0 Å². The van der Waals surface area contributed by atoms with Gasteiger partial charge in [0.15, 0.2) is 0 Å². The Labute approximate surface area is 100 Å². The van der Waals surface area contributed by atoms with Crippen LogP contribution in [-0.2, 0) is 19.1 Å². The molecule has 0 unspecified atom stereocenters. The molecule has 0 bridgehead atoms. The average molecular weight is 242 g/mol. The number of esters is 1. The van der Waals surface area contributed by atoms with Gasteiger partial charge in [0.1, 0.15) is 17.8 Å². The quantitative estimate of drug-likeness (QED) is 0.765. The first-order valence-corrected chi connectivity index (χ1v) is 5.59. The molecular formula is C12H18O5. The Morgan fingerprint density at radius 2 is 2.06 bits per heavy atom. The molecule has 5 nitrogen and oxygen atoms in total. The molecule has 1 N–H and O–H groups in total. The van der Waals surface area contributed by atoms with Crippen molar-refractivity contribution in [3.8, 4) is 0 Å². The first-order chi connectivity index (χ1) is 7.79. The van der Waals surface area contributed by atoms with E-state index in [1.54, 1.807) is 20.8 Å². The summed E-state index contributed by atoms with van der Waals surface area (Å²) in [6.45, 7) is 5.76. The molecule has 5 heteroatoms. The Bertz CT molecular complexity index is 348. The Morgan fingerprint density at radius 1 is 1.41 bits per heavy atom. The molecule has 1 aliphatic heterocycles. The number of aliphatic carboxylic acids is 1. The normalized spacial score (nSPS) is 16.4. The van der Waals surface area contributed by atoms with Crippen LogP contribution in [0.5, 0.6) is 0 Å². The SMILES string of the molecule is CC(C)(C)OC(=O)C1=C(CC(=O)O)OCCC1. The van der Waals surface area contributed by atoms with E-state index in [1.165, 1.54) is 0 Å². The minimum atomic E-state index is -1.01. The molecule has 0 fully saturated rings. The van der Waals surface area contributed by atoms with Gasteiger partial charge in [0.05, 0.1) is 12.2 Å². The molecule has 0 aliphatic carbocycles. The van der Waals surface area contributed by atoms with Gasteiger partial charge in [-0.1, -0.05) is 0 Å². The summed E-state index contributed by atoms with van der Waals surface area (Å²) in [6.07, 6.45) is 0.948. The topological polar surface area (TPSA) is 72.8 Å². The van der Waals surface area contributed by atoms with Crippen LogP contribution in [0.15, 0.2) is 11.3 Å². The predicted molar refractivity (Wildman–Crippen MR) is 60.3 cm³/mol. The summed E-state index contributed by atoms with van der Waals surface area (Å²) in [4.78, 5) is 22.5. The van der Waals surface area contributed by atoms with Gasteiger partial charge in [-0.25, -0.2) is 4.79 Å². The van der Waals surface area contributed by atoms with Gasteiger partial charge in [-0.05, 0) is 33.6 Å². The molecule has 0 saturated heterocycles. The van der Waals surface area contributed by atoms with Gasteiger partial charge < -0.3 is 14.6 Å². The molecule has 0 spiro atoms. The maximum atomic E-state index is 11.9. The molecule has 0 amide bonds. The van der Waals surface area contributed by atoms with Gasteiger partial charge in [-0.3, -0.25) is 4.79 Å². The molecule has 1 heterocycles. The Morgan fingerprint density at radius 3 is 2.59 bits per heavy atom. The van der Waals surface area contributed by atoms with Crippen molar-refractivity contribution in [3.63, 3.8) is 0 Å². The number of carboxylic acid groups (broad SMARTS) is 1. The van der Waals surface area contributed by atoms with Crippen LogP contribution < -0.4 is 0 Å². The number of carbonyl (C=O) groups is 2. The van der Waals surface area contributed by atoms with E-state index in [0.717, 1.165) is 0 Å². The van der Waals surface area contributed by atoms with Crippen molar-refractivity contribution in [2.45, 2.75) is 45.6 Å². The van der Waals surface area contributed by atoms with Gasteiger partial charge in [0, 0.05) is 0 Å². The lowest BCUT2D eigenvalue weighted by Gasteiger charge is -2.24. The summed E-state index contributed by atoms with van der Waals surface area (Å²) < 4.78 is 10.5. The first kappa shape index (κ1) is 13.5. The van der Waals surface area contributed by atoms with Crippen molar-refractivity contribution in [1.82, 2.24) is 0 Å². The molecular weight excluding hydrogens is 224 g/mol. The summed E-state index contributed by atoms with van der Waals surface area (Å²) in [7, 11) is 0. The summed E-state index contributed by atoms with van der Waals surface area (Å²) in [5.74, 6) is -1.26. The molecule has 0 aromatic rings. The Kier molecular flexibility index (Phi) is 4.15. The van der Waals surface area contributed by atoms with E-state index in [9.17, 15) is 9.59 Å². The van der Waals surface area contributed by atoms with Crippen molar-refractivity contribution in [2.24, 2.45) is 0 Å². The van der Waals surface area contributed by atoms with Crippen molar-refractivity contribution in [3.05, 3.63) is 11.3 Å². The molecule has 0 radical (unpaired) electrons. The largest absolute Gasteiger partial charge is 0.497 e. The molecule has 96 valence electrons. The van der Waals surface area contributed by atoms with E-state index in [2.05, 4.69) is 0 Å². The molecule has 17 heavy (non-hydrogen) atoms. The fourth-order valence-corrected chi connectivity index (χ4v) is 1.52. The smallest absolute Gasteiger partial charge is 0.337 e. The molecule has 0 atom stereocenters. The van der Waals surface area contributed by atoms with Crippen LogP contribution in [-0.4, -0.2) is 29.3 Å². The van der Waals surface area contributed by atoms with Gasteiger partial charge in [-0.2, -0.15) is 0 Å². The van der Waals surface area contributed by atoms with Crippen LogP contribution in [0.2, 0.25) is 0 Å². The van der Waals surface area contributed by atoms with Gasteiger partial charge in [0.2, 0.25) is 0 Å². The number of ether oxygens (including phenoxy) is 2. The summed E-state index contributed by atoms with van der Waals surface area (Å²) in [5.41, 5.74) is -0.232. The highest BCUT2D eigenvalue weighted by molar-refractivity contribution is 5.90. The van der Waals surface area contributed by atoms with E-state index in [4.69, 9.17) is 14.6 Å². The number of carboxylic acids is 1. The minimum Gasteiger partial charge on any atom is -0.497 e. The van der Waals surface area contributed by atoms with E-state index >= 15 is 0 Å². The lowest BCUT2D eigenvalue weighted by atomic mass is 10.0. The highest BCUT2D eigenvalue weighted by Gasteiger charge is 2.26. The summed E-state index contributed by atoms with van der Waals surface area (Å²) >= 11 is 0. The summed E-state index contributed by atoms with van der Waals surface area (Å²) in [5, 5.41) is 8.73. The summed E-state index contributed by atoms with van der Waals surface area (Å²) in [6, 6.07) is 0. The second kappa shape index (κ2) is 5.21. The average Bonchev–Trinajstić information content (AvgIpc) is 2.14. The van der Waals surface area contributed by atoms with Crippen LogP contribution in [0.3, 0.4) is 0 Å². The number of rotatable bonds is 3. The van der Waals surface area contributed by atoms with Crippen LogP contribution in [0.1, 0.15) is 40.0 Å². The van der Waals surface area contributed by atoms with Gasteiger partial charge in [-0.15, -0.1) is 0 Å². The maximum Gasteiger partial charge on any atom is 0.337 e. The fourth-order valence-electron chi connectivity index (χ4n) is 1.52. The highest BCUT2D eigenvalue weighted by atomic mass is 16.6. The van der Waals surface area contributed by atoms with E-state index in [0.29, 0.717) is 25.0 Å². The van der Waals surface area contributed by atoms with E-state index in [-0.39, 0.29) is 12.2 Å². The third kappa shape index (κ3) is 4.46. The molecule has 1 rings (SSSR count). The number of hydrogen-bond acceptors (Lipinski definition) is 4. The van der Waals surface area contributed by atoms with Crippen LogP contribution in [0, 0.1) is 0 Å². The van der Waals surface area contributed by atoms with Gasteiger partial charge >= 0.3 is 11.9 Å². The number of hydrogen-bond donors (Lipinski definition) is 1. The van der Waals surface area contributed by atoms with Crippen LogP contribution >= 0.6 is 0 Å². The third-order valence-electron chi connectivity index (χ3n) is 2.14. The predicted octanol–water partition coefficient (Wildman–Crippen LogP) is 1.87. The monoisotopic (exact) mass is 242 g/mol. The Hall–Kier alpha value is -1.52. The second-order valence-electron chi connectivity index (χ2n) is 4.93. The zero-order chi connectivity index (χ0) is 13.1. The second-order valence-corrected chi connectivity index (χ2v) is 4.93. The van der Waals surface area contributed by atoms with Crippen LogP contribution in [0.25, 0.3) is 0 Å². The molecule has 0 aromatic carbocycles. The standard InChI is InChI=1S/C12H18O5/c1-12(2,3)17-11(15)8-5-4-6-16-9(8)7-10(13)14/h4-7H2,1-3H3,(H,13,14). The maximum absolute atomic E-state index is 11.9. The van der Waals surface area contributed by atoms with Crippen molar-refractivity contribution in [1.29, 1.82) is 0 Å². The van der Waals surface area contributed by atoms with Gasteiger partial charge in [0.25, 0.3) is 0 Å². The van der Waals surface area contributed by atoms with Crippen molar-refractivity contribution >= 4 is 11.9 Å². The van der Waals surface area contributed by atoms with Crippen molar-refractivity contribution in [2.75, 3.05) is 6.61 Å². The third-order valence-corrected chi connectivity index (χ3v) is 2.14. The molecule has 0 saturated carbocycles. The minimum absolute atomic E-state index is 0.234. The van der Waals surface area contributed by atoms with E-state index < -0.39 is 17.5 Å². The number of carbonyl (C=O) groups excluding carboxylic acids is 1. The highest BCUT2D eigenvalue weighted by Crippen LogP contribution is 2.24. The van der Waals surface area contributed by atoms with Crippen molar-refractivity contribution < 1.29 is 24.2 Å². The molecule has 1 aliphatic rings. The zero-order valence-electron chi connectivity index (χ0n) is 10.4. The lowest BCUT2D eigenvalue weighted by molar-refractivity contribution is -0.150. The first-order valence-electron chi connectivity index (χ1n) is 5.59. The Balaban J connectivity index is 2.85.